The molecule has 0 fully saturated rings. The minimum absolute atomic E-state index is 0.0688. The van der Waals surface area contributed by atoms with Gasteiger partial charge in [0, 0.05) is 12.1 Å². The molecule has 2 rings (SSSR count). The van der Waals surface area contributed by atoms with Gasteiger partial charge in [0.2, 0.25) is 5.91 Å². The van der Waals surface area contributed by atoms with Gasteiger partial charge < -0.3 is 15.2 Å². The lowest BCUT2D eigenvalue weighted by molar-refractivity contribution is -0.139. The average molecular weight is 395 g/mol. The van der Waals surface area contributed by atoms with Gasteiger partial charge in [0.05, 0.1) is 5.56 Å². The normalized spacial score (nSPS) is 12.3. The molecule has 0 saturated carbocycles. The van der Waals surface area contributed by atoms with Crippen LogP contribution in [0, 0.1) is 6.92 Å². The van der Waals surface area contributed by atoms with E-state index in [1.165, 1.54) is 24.3 Å². The molecule has 8 heteroatoms. The number of amides is 1. The van der Waals surface area contributed by atoms with Crippen molar-refractivity contribution in [1.82, 2.24) is 0 Å². The van der Waals surface area contributed by atoms with Crippen LogP contribution in [0.15, 0.2) is 42.5 Å². The minimum Gasteiger partial charge on any atom is -0.482 e. The molecule has 0 spiro atoms. The molecule has 0 aliphatic heterocycles. The third-order valence-corrected chi connectivity index (χ3v) is 4.12. The Balaban J connectivity index is 2.05. The lowest BCUT2D eigenvalue weighted by Gasteiger charge is -2.18. The third kappa shape index (κ3) is 5.73. The molecule has 0 aliphatic rings. The molecule has 2 aromatic carbocycles. The van der Waals surface area contributed by atoms with Crippen LogP contribution in [0.1, 0.15) is 36.0 Å². The maximum atomic E-state index is 13.1. The van der Waals surface area contributed by atoms with E-state index in [2.05, 4.69) is 5.32 Å². The Bertz CT molecular complexity index is 865. The summed E-state index contributed by atoms with van der Waals surface area (Å²) in [6.45, 7) is 2.78. The quantitative estimate of drug-likeness (QED) is 0.718. The zero-order valence-electron chi connectivity index (χ0n) is 15.3. The first-order chi connectivity index (χ1) is 13.1. The second kappa shape index (κ2) is 8.77. The maximum absolute atomic E-state index is 13.1. The zero-order chi connectivity index (χ0) is 20.9. The van der Waals surface area contributed by atoms with E-state index in [1.54, 1.807) is 26.0 Å². The van der Waals surface area contributed by atoms with Gasteiger partial charge in [0.15, 0.2) is 6.61 Å². The lowest BCUT2D eigenvalue weighted by atomic mass is 9.92. The number of aliphatic carboxylic acids is 1. The van der Waals surface area contributed by atoms with E-state index in [0.717, 1.165) is 6.07 Å². The number of benzene rings is 2. The van der Waals surface area contributed by atoms with Crippen LogP contribution in [0.4, 0.5) is 18.9 Å². The van der Waals surface area contributed by atoms with Crippen molar-refractivity contribution in [2.75, 3.05) is 11.9 Å². The van der Waals surface area contributed by atoms with Crippen LogP contribution in [0.25, 0.3) is 0 Å². The van der Waals surface area contributed by atoms with Crippen molar-refractivity contribution in [2.45, 2.75) is 32.4 Å². The second-order valence-electron chi connectivity index (χ2n) is 6.40. The highest BCUT2D eigenvalue weighted by molar-refractivity contribution is 5.92. The van der Waals surface area contributed by atoms with E-state index >= 15 is 0 Å². The van der Waals surface area contributed by atoms with Crippen LogP contribution in [0.3, 0.4) is 0 Å². The molecule has 0 heterocycles. The molecule has 28 heavy (non-hydrogen) atoms. The molecule has 1 atom stereocenters. The molecule has 5 nitrogen and oxygen atoms in total. The van der Waals surface area contributed by atoms with Crippen LogP contribution < -0.4 is 10.1 Å². The van der Waals surface area contributed by atoms with Gasteiger partial charge in [-0.05, 0) is 48.2 Å². The van der Waals surface area contributed by atoms with Gasteiger partial charge in [0.1, 0.15) is 5.75 Å². The Hall–Kier alpha value is -3.03. The first kappa shape index (κ1) is 21.3. The van der Waals surface area contributed by atoms with Gasteiger partial charge in [0.25, 0.3) is 0 Å². The van der Waals surface area contributed by atoms with Crippen molar-refractivity contribution in [3.8, 4) is 5.75 Å². The van der Waals surface area contributed by atoms with Gasteiger partial charge in [-0.15, -0.1) is 0 Å². The molecule has 0 bridgehead atoms. The number of nitrogens with one attached hydrogen (secondary N) is 1. The first-order valence-electron chi connectivity index (χ1n) is 8.49. The Labute approximate surface area is 160 Å². The number of hydrogen-bond donors (Lipinski definition) is 2. The number of rotatable bonds is 7. The number of hydrogen-bond acceptors (Lipinski definition) is 3. The Morgan fingerprint density at radius 3 is 2.46 bits per heavy atom. The molecule has 1 unspecified atom stereocenters. The maximum Gasteiger partial charge on any atom is 0.416 e. The SMILES string of the molecule is Cc1cc(OCC(=O)O)ccc1NC(=O)CC(C)c1ccccc1C(F)(F)F. The van der Waals surface area contributed by atoms with Crippen molar-refractivity contribution < 1.29 is 32.6 Å². The highest BCUT2D eigenvalue weighted by Gasteiger charge is 2.34. The van der Waals surface area contributed by atoms with Crippen molar-refractivity contribution in [1.29, 1.82) is 0 Å². The zero-order valence-corrected chi connectivity index (χ0v) is 15.3. The van der Waals surface area contributed by atoms with Crippen LogP contribution in [-0.2, 0) is 15.8 Å². The molecule has 150 valence electrons. The van der Waals surface area contributed by atoms with Crippen LogP contribution in [0.5, 0.6) is 5.75 Å². The number of aryl methyl sites for hydroxylation is 1. The first-order valence-corrected chi connectivity index (χ1v) is 8.49. The largest absolute Gasteiger partial charge is 0.482 e. The Morgan fingerprint density at radius 1 is 1.18 bits per heavy atom. The number of carbonyl (C=O) groups is 2. The van der Waals surface area contributed by atoms with Crippen LogP contribution >= 0.6 is 0 Å². The molecule has 0 aromatic heterocycles. The molecular weight excluding hydrogens is 375 g/mol. The lowest BCUT2D eigenvalue weighted by Crippen LogP contribution is -2.17. The molecule has 2 N–H and O–H groups in total. The highest BCUT2D eigenvalue weighted by atomic mass is 19.4. The number of halogens is 3. The van der Waals surface area contributed by atoms with Crippen LogP contribution in [-0.4, -0.2) is 23.6 Å². The van der Waals surface area contributed by atoms with Gasteiger partial charge in [-0.2, -0.15) is 13.2 Å². The van der Waals surface area contributed by atoms with E-state index in [4.69, 9.17) is 9.84 Å². The topological polar surface area (TPSA) is 75.6 Å². The minimum atomic E-state index is -4.48. The predicted molar refractivity (Wildman–Crippen MR) is 97.4 cm³/mol. The number of carboxylic acids is 1. The number of carboxylic acid groups (broad SMARTS) is 1. The molecule has 0 aliphatic carbocycles. The smallest absolute Gasteiger partial charge is 0.416 e. The Kier molecular flexibility index (Phi) is 6.66. The van der Waals surface area contributed by atoms with E-state index < -0.39 is 36.1 Å². The van der Waals surface area contributed by atoms with E-state index in [-0.39, 0.29) is 12.0 Å². The van der Waals surface area contributed by atoms with Gasteiger partial charge in [-0.1, -0.05) is 25.1 Å². The number of carbonyl (C=O) groups excluding carboxylic acids is 1. The fraction of sp³-hybridized carbons (Fsp3) is 0.300. The van der Waals surface area contributed by atoms with Crippen molar-refractivity contribution in [2.24, 2.45) is 0 Å². The van der Waals surface area contributed by atoms with E-state index in [0.29, 0.717) is 17.0 Å². The van der Waals surface area contributed by atoms with E-state index in [1.807, 2.05) is 0 Å². The third-order valence-electron chi connectivity index (χ3n) is 4.12. The summed E-state index contributed by atoms with van der Waals surface area (Å²) in [5.74, 6) is -1.82. The summed E-state index contributed by atoms with van der Waals surface area (Å²) >= 11 is 0. The molecule has 0 saturated heterocycles. The van der Waals surface area contributed by atoms with E-state index in [9.17, 15) is 22.8 Å². The number of anilines is 1. The van der Waals surface area contributed by atoms with Gasteiger partial charge in [-0.3, -0.25) is 4.79 Å². The summed E-state index contributed by atoms with van der Waals surface area (Å²) in [6.07, 6.45) is -4.60. The molecule has 2 aromatic rings. The summed E-state index contributed by atoms with van der Waals surface area (Å²) in [6, 6.07) is 9.84. The fourth-order valence-electron chi connectivity index (χ4n) is 2.79. The van der Waals surface area contributed by atoms with Crippen LogP contribution in [0.2, 0.25) is 0 Å². The van der Waals surface area contributed by atoms with Crippen molar-refractivity contribution in [3.05, 3.63) is 59.2 Å². The molecule has 1 amide bonds. The van der Waals surface area contributed by atoms with Gasteiger partial charge in [-0.25, -0.2) is 4.79 Å². The molecular formula is C20H20F3NO4. The monoisotopic (exact) mass is 395 g/mol. The summed E-state index contributed by atoms with van der Waals surface area (Å²) in [5.41, 5.74) is 0.439. The molecule has 0 radical (unpaired) electrons. The van der Waals surface area contributed by atoms with Crippen molar-refractivity contribution in [3.63, 3.8) is 0 Å². The highest BCUT2D eigenvalue weighted by Crippen LogP contribution is 2.36. The Morgan fingerprint density at radius 2 is 1.86 bits per heavy atom. The summed E-state index contributed by atoms with van der Waals surface area (Å²) in [5, 5.41) is 11.3. The predicted octanol–water partition coefficient (Wildman–Crippen LogP) is 4.61. The summed E-state index contributed by atoms with van der Waals surface area (Å²) in [7, 11) is 0. The summed E-state index contributed by atoms with van der Waals surface area (Å²) in [4.78, 5) is 22.8. The number of ether oxygens (including phenoxy) is 1. The standard InChI is InChI=1S/C20H20F3NO4/c1-12(15-5-3-4-6-16(15)20(21,22)23)10-18(25)24-17-8-7-14(9-13(17)2)28-11-19(26)27/h3-9,12H,10-11H2,1-2H3,(H,24,25)(H,26,27). The second-order valence-corrected chi connectivity index (χ2v) is 6.40. The fourth-order valence-corrected chi connectivity index (χ4v) is 2.79. The van der Waals surface area contributed by atoms with Gasteiger partial charge >= 0.3 is 12.1 Å². The average Bonchev–Trinajstić information content (AvgIpc) is 2.61. The number of alkyl halides is 3. The summed E-state index contributed by atoms with van der Waals surface area (Å²) < 4.78 is 44.5. The van der Waals surface area contributed by atoms with Crippen molar-refractivity contribution >= 4 is 17.6 Å².